The number of Topliss-reactive ketones (excluding diaryl/α,β-unsaturated/α-hetero) is 1. The largest absolute Gasteiger partial charge is 0.389 e. The lowest BCUT2D eigenvalue weighted by molar-refractivity contribution is -0.219. The van der Waals surface area contributed by atoms with Gasteiger partial charge in [0.25, 0.3) is 0 Å². The standard InChI is InChI=1S/C28H37NO7/c1-14-9-8-12-17-22(31)26(3,34)15(2)19-18(13-16-10-6-5-7-11-16)29-25(33)28(17,19)23(32)20-24(36-20)27(4,35)21(14)30/h5-8,10-12,14-15,17-20,22-24,31-32,34-35H,9,13H2,1-4H3,(H,29,33)/b12-8+/t14-,15-,17-,18-,19-,20+,22-,23+,24-,26+,27-,28-/m0/s1. The number of epoxide rings is 1. The van der Waals surface area contributed by atoms with E-state index in [0.717, 1.165) is 5.56 Å². The van der Waals surface area contributed by atoms with Crippen LogP contribution in [0.4, 0.5) is 0 Å². The highest BCUT2D eigenvalue weighted by molar-refractivity contribution is 5.91. The summed E-state index contributed by atoms with van der Waals surface area (Å²) >= 11 is 0. The van der Waals surface area contributed by atoms with Crippen molar-refractivity contribution in [2.24, 2.45) is 29.1 Å². The summed E-state index contributed by atoms with van der Waals surface area (Å²) in [6.45, 7) is 6.48. The maximum Gasteiger partial charge on any atom is 0.230 e. The van der Waals surface area contributed by atoms with Crippen LogP contribution >= 0.6 is 0 Å². The SMILES string of the molecule is C[C@H]1C/C=C/[C@H]2[C@H](O)[C@](C)(O)[C@@H](C)[C@H]3[C@H](Cc4ccccc4)NC(=O)[C@]32[C@H](O)[C@H]2O[C@@H]2[C@@](C)(O)C1=O. The molecule has 1 aromatic carbocycles. The second-order valence-corrected chi connectivity index (χ2v) is 11.8. The van der Waals surface area contributed by atoms with E-state index in [1.165, 1.54) is 6.92 Å². The molecule has 4 aliphatic rings. The molecule has 2 aliphatic heterocycles. The van der Waals surface area contributed by atoms with E-state index in [1.807, 2.05) is 30.3 Å². The number of aliphatic hydroxyl groups excluding tert-OH is 2. The van der Waals surface area contributed by atoms with E-state index >= 15 is 0 Å². The average molecular weight is 500 g/mol. The molecular weight excluding hydrogens is 462 g/mol. The first kappa shape index (κ1) is 25.5. The molecule has 0 aromatic heterocycles. The second-order valence-electron chi connectivity index (χ2n) is 11.8. The minimum atomic E-state index is -1.83. The number of benzene rings is 1. The fourth-order valence-corrected chi connectivity index (χ4v) is 7.36. The van der Waals surface area contributed by atoms with Gasteiger partial charge in [-0.2, -0.15) is 0 Å². The minimum Gasteiger partial charge on any atom is -0.389 e. The first-order valence-corrected chi connectivity index (χ1v) is 12.9. The van der Waals surface area contributed by atoms with Crippen LogP contribution in [0, 0.1) is 29.1 Å². The van der Waals surface area contributed by atoms with Crippen molar-refractivity contribution in [2.45, 2.75) is 82.2 Å². The highest BCUT2D eigenvalue weighted by Gasteiger charge is 2.75. The van der Waals surface area contributed by atoms with Crippen molar-refractivity contribution in [2.75, 3.05) is 0 Å². The molecule has 1 amide bonds. The molecule has 0 bridgehead atoms. The van der Waals surface area contributed by atoms with E-state index in [4.69, 9.17) is 4.74 Å². The van der Waals surface area contributed by atoms with Crippen LogP contribution < -0.4 is 5.32 Å². The van der Waals surface area contributed by atoms with E-state index in [0.29, 0.717) is 6.42 Å². The maximum absolute atomic E-state index is 14.0. The smallest absolute Gasteiger partial charge is 0.230 e. The van der Waals surface area contributed by atoms with Gasteiger partial charge in [-0.15, -0.1) is 0 Å². The summed E-state index contributed by atoms with van der Waals surface area (Å²) in [5.74, 6) is -3.40. The van der Waals surface area contributed by atoms with Gasteiger partial charge in [-0.05, 0) is 38.2 Å². The molecule has 0 unspecified atom stereocenters. The average Bonchev–Trinajstić information content (AvgIpc) is 3.59. The molecule has 5 N–H and O–H groups in total. The first-order valence-electron chi connectivity index (χ1n) is 12.9. The van der Waals surface area contributed by atoms with Crippen LogP contribution in [0.3, 0.4) is 0 Å². The number of carbonyl (C=O) groups excluding carboxylic acids is 2. The topological polar surface area (TPSA) is 140 Å². The van der Waals surface area contributed by atoms with Gasteiger partial charge in [0.05, 0.1) is 23.2 Å². The monoisotopic (exact) mass is 499 g/mol. The van der Waals surface area contributed by atoms with Crippen LogP contribution in [0.15, 0.2) is 42.5 Å². The van der Waals surface area contributed by atoms with Gasteiger partial charge < -0.3 is 30.5 Å². The highest BCUT2D eigenvalue weighted by atomic mass is 16.6. The fraction of sp³-hybridized carbons (Fsp3) is 0.643. The molecule has 1 spiro atoms. The third kappa shape index (κ3) is 3.45. The number of fused-ring (bicyclic) bond motifs is 1. The Balaban J connectivity index is 1.66. The summed E-state index contributed by atoms with van der Waals surface area (Å²) < 4.78 is 5.74. The fourth-order valence-electron chi connectivity index (χ4n) is 7.36. The summed E-state index contributed by atoms with van der Waals surface area (Å²) in [4.78, 5) is 27.0. The molecule has 196 valence electrons. The van der Waals surface area contributed by atoms with Gasteiger partial charge in [-0.25, -0.2) is 0 Å². The zero-order valence-corrected chi connectivity index (χ0v) is 21.2. The molecule has 2 heterocycles. The summed E-state index contributed by atoms with van der Waals surface area (Å²) in [6, 6.07) is 9.27. The number of hydrogen-bond acceptors (Lipinski definition) is 7. The molecule has 8 nitrogen and oxygen atoms in total. The second kappa shape index (κ2) is 8.46. The molecule has 36 heavy (non-hydrogen) atoms. The normalized spacial score (nSPS) is 51.3. The summed E-state index contributed by atoms with van der Waals surface area (Å²) in [7, 11) is 0. The van der Waals surface area contributed by atoms with Gasteiger partial charge in [0.15, 0.2) is 5.78 Å². The predicted octanol–water partition coefficient (Wildman–Crippen LogP) is 0.752. The zero-order chi connectivity index (χ0) is 26.2. The van der Waals surface area contributed by atoms with Crippen LogP contribution in [0.2, 0.25) is 0 Å². The Kier molecular flexibility index (Phi) is 6.00. The lowest BCUT2D eigenvalue weighted by atomic mass is 9.48. The number of nitrogens with one attached hydrogen (secondary N) is 1. The zero-order valence-electron chi connectivity index (χ0n) is 21.2. The maximum atomic E-state index is 14.0. The molecule has 1 aromatic rings. The Hall–Kier alpha value is -2.10. The predicted molar refractivity (Wildman–Crippen MR) is 131 cm³/mol. The summed E-state index contributed by atoms with van der Waals surface area (Å²) in [6.07, 6.45) is -0.528. The third-order valence-electron chi connectivity index (χ3n) is 9.60. The number of hydrogen-bond donors (Lipinski definition) is 5. The molecule has 3 fully saturated rings. The van der Waals surface area contributed by atoms with Crippen molar-refractivity contribution < 1.29 is 34.8 Å². The minimum absolute atomic E-state index is 0.277. The van der Waals surface area contributed by atoms with E-state index in [-0.39, 0.29) is 6.42 Å². The summed E-state index contributed by atoms with van der Waals surface area (Å²) in [5.41, 5.74) is -3.89. The Labute approximate surface area is 211 Å². The van der Waals surface area contributed by atoms with Crippen molar-refractivity contribution in [3.63, 3.8) is 0 Å². The van der Waals surface area contributed by atoms with Gasteiger partial charge in [0.2, 0.25) is 5.91 Å². The molecular formula is C28H37NO7. The number of carbonyl (C=O) groups is 2. The van der Waals surface area contributed by atoms with E-state index in [1.54, 1.807) is 32.9 Å². The van der Waals surface area contributed by atoms with Crippen molar-refractivity contribution >= 4 is 11.7 Å². The van der Waals surface area contributed by atoms with E-state index in [9.17, 15) is 30.0 Å². The van der Waals surface area contributed by atoms with Gasteiger partial charge in [-0.1, -0.05) is 56.3 Å². The van der Waals surface area contributed by atoms with Crippen LogP contribution in [-0.4, -0.2) is 73.8 Å². The Morgan fingerprint density at radius 2 is 1.72 bits per heavy atom. The van der Waals surface area contributed by atoms with Crippen molar-refractivity contribution in [3.8, 4) is 0 Å². The third-order valence-corrected chi connectivity index (χ3v) is 9.60. The van der Waals surface area contributed by atoms with Crippen LogP contribution in [-0.2, 0) is 20.7 Å². The highest BCUT2D eigenvalue weighted by Crippen LogP contribution is 2.61. The van der Waals surface area contributed by atoms with Crippen LogP contribution in [0.25, 0.3) is 0 Å². The van der Waals surface area contributed by atoms with Crippen LogP contribution in [0.1, 0.15) is 39.7 Å². The van der Waals surface area contributed by atoms with Crippen molar-refractivity contribution in [1.29, 1.82) is 0 Å². The van der Waals surface area contributed by atoms with Gasteiger partial charge in [0.1, 0.15) is 17.8 Å². The number of amides is 1. The van der Waals surface area contributed by atoms with Crippen molar-refractivity contribution in [3.05, 3.63) is 48.0 Å². The van der Waals surface area contributed by atoms with Gasteiger partial charge >= 0.3 is 0 Å². The lowest BCUT2D eigenvalue weighted by Crippen LogP contribution is -2.69. The molecule has 2 aliphatic carbocycles. The number of aliphatic hydroxyl groups is 4. The molecule has 8 heteroatoms. The molecule has 1 saturated carbocycles. The molecule has 12 atom stereocenters. The summed E-state index contributed by atoms with van der Waals surface area (Å²) in [5, 5.41) is 49.1. The van der Waals surface area contributed by atoms with E-state index < -0.39 is 82.4 Å². The van der Waals surface area contributed by atoms with E-state index in [2.05, 4.69) is 5.32 Å². The number of allylic oxidation sites excluding steroid dienone is 1. The van der Waals surface area contributed by atoms with Crippen molar-refractivity contribution in [1.82, 2.24) is 5.32 Å². The number of ether oxygens (including phenoxy) is 1. The Bertz CT molecular complexity index is 1070. The Morgan fingerprint density at radius 1 is 1.06 bits per heavy atom. The number of ketones is 1. The quantitative estimate of drug-likeness (QED) is 0.299. The molecule has 5 rings (SSSR count). The Morgan fingerprint density at radius 3 is 2.39 bits per heavy atom. The lowest BCUT2D eigenvalue weighted by Gasteiger charge is -2.57. The first-order chi connectivity index (χ1) is 16.9. The number of rotatable bonds is 2. The van der Waals surface area contributed by atoms with Gasteiger partial charge in [0, 0.05) is 23.8 Å². The molecule has 2 saturated heterocycles. The molecule has 0 radical (unpaired) electrons. The van der Waals surface area contributed by atoms with Gasteiger partial charge in [-0.3, -0.25) is 9.59 Å². The van der Waals surface area contributed by atoms with Crippen LogP contribution in [0.5, 0.6) is 0 Å².